The molecule has 86 valence electrons. The SMILES string of the molecule is O=C(NC/C=C/CCl)c1ccc(Cl)c(Br)c1. The molecule has 1 rings (SSSR count). The number of carbonyl (C=O) groups excluding carboxylic acids is 1. The first-order chi connectivity index (χ1) is 7.65. The summed E-state index contributed by atoms with van der Waals surface area (Å²) in [7, 11) is 0. The first-order valence-electron chi connectivity index (χ1n) is 4.59. The molecule has 0 atom stereocenters. The summed E-state index contributed by atoms with van der Waals surface area (Å²) in [6.45, 7) is 0.464. The van der Waals surface area contributed by atoms with Crippen molar-refractivity contribution < 1.29 is 4.79 Å². The maximum atomic E-state index is 11.6. The van der Waals surface area contributed by atoms with Gasteiger partial charge in [-0.15, -0.1) is 11.6 Å². The first kappa shape index (κ1) is 13.6. The van der Waals surface area contributed by atoms with E-state index in [9.17, 15) is 4.79 Å². The second-order valence-corrected chi connectivity index (χ2v) is 4.53. The molecule has 0 heterocycles. The lowest BCUT2D eigenvalue weighted by Crippen LogP contribution is -2.23. The number of benzene rings is 1. The van der Waals surface area contributed by atoms with Gasteiger partial charge in [-0.3, -0.25) is 4.79 Å². The van der Waals surface area contributed by atoms with Crippen LogP contribution >= 0.6 is 39.1 Å². The molecular formula is C11H10BrCl2NO. The molecule has 16 heavy (non-hydrogen) atoms. The van der Waals surface area contributed by atoms with Crippen molar-refractivity contribution in [3.05, 3.63) is 45.4 Å². The van der Waals surface area contributed by atoms with Gasteiger partial charge in [0.25, 0.3) is 5.91 Å². The normalized spacial score (nSPS) is 10.7. The minimum absolute atomic E-state index is 0.142. The van der Waals surface area contributed by atoms with Gasteiger partial charge in [0.2, 0.25) is 0 Å². The fourth-order valence-electron chi connectivity index (χ4n) is 1.04. The number of hydrogen-bond acceptors (Lipinski definition) is 1. The topological polar surface area (TPSA) is 29.1 Å². The summed E-state index contributed by atoms with van der Waals surface area (Å²) >= 11 is 14.5. The molecule has 0 spiro atoms. The molecule has 0 bridgehead atoms. The summed E-state index contributed by atoms with van der Waals surface area (Å²) < 4.78 is 0.707. The highest BCUT2D eigenvalue weighted by Gasteiger charge is 2.06. The lowest BCUT2D eigenvalue weighted by Gasteiger charge is -2.03. The highest BCUT2D eigenvalue weighted by atomic mass is 79.9. The zero-order chi connectivity index (χ0) is 12.0. The first-order valence-corrected chi connectivity index (χ1v) is 6.30. The average molecular weight is 323 g/mol. The molecule has 1 aromatic carbocycles. The quantitative estimate of drug-likeness (QED) is 0.665. The van der Waals surface area contributed by atoms with Gasteiger partial charge in [0.1, 0.15) is 0 Å². The third-order valence-corrected chi connectivity index (χ3v) is 3.21. The lowest BCUT2D eigenvalue weighted by molar-refractivity contribution is 0.0958. The zero-order valence-corrected chi connectivity index (χ0v) is 11.4. The van der Waals surface area contributed by atoms with E-state index in [-0.39, 0.29) is 5.91 Å². The number of alkyl halides is 1. The van der Waals surface area contributed by atoms with Gasteiger partial charge in [0, 0.05) is 22.5 Å². The molecule has 0 radical (unpaired) electrons. The van der Waals surface area contributed by atoms with Crippen LogP contribution in [0.2, 0.25) is 5.02 Å². The van der Waals surface area contributed by atoms with Crippen molar-refractivity contribution in [3.63, 3.8) is 0 Å². The van der Waals surface area contributed by atoms with Crippen LogP contribution in [0.4, 0.5) is 0 Å². The Bertz CT molecular complexity index is 407. The van der Waals surface area contributed by atoms with Crippen molar-refractivity contribution in [2.75, 3.05) is 12.4 Å². The van der Waals surface area contributed by atoms with Crippen LogP contribution in [0.25, 0.3) is 0 Å². The van der Waals surface area contributed by atoms with Crippen LogP contribution in [-0.4, -0.2) is 18.3 Å². The van der Waals surface area contributed by atoms with Crippen LogP contribution in [0.3, 0.4) is 0 Å². The molecular weight excluding hydrogens is 313 g/mol. The van der Waals surface area contributed by atoms with Gasteiger partial charge < -0.3 is 5.32 Å². The van der Waals surface area contributed by atoms with Crippen molar-refractivity contribution in [2.24, 2.45) is 0 Å². The Morgan fingerprint density at radius 1 is 1.44 bits per heavy atom. The summed E-state index contributed by atoms with van der Waals surface area (Å²) in [4.78, 5) is 11.6. The van der Waals surface area contributed by atoms with Crippen LogP contribution in [0.5, 0.6) is 0 Å². The number of nitrogens with one attached hydrogen (secondary N) is 1. The Hall–Kier alpha value is -0.510. The third kappa shape index (κ3) is 4.16. The molecule has 0 saturated heterocycles. The van der Waals surface area contributed by atoms with Gasteiger partial charge in [-0.25, -0.2) is 0 Å². The molecule has 2 nitrogen and oxygen atoms in total. The van der Waals surface area contributed by atoms with E-state index >= 15 is 0 Å². The Morgan fingerprint density at radius 3 is 2.81 bits per heavy atom. The fraction of sp³-hybridized carbons (Fsp3) is 0.182. The summed E-state index contributed by atoms with van der Waals surface area (Å²) in [5, 5.41) is 3.31. The predicted octanol–water partition coefficient (Wildman–Crippen LogP) is 3.63. The summed E-state index contributed by atoms with van der Waals surface area (Å²) in [6, 6.07) is 5.03. The van der Waals surface area contributed by atoms with Crippen molar-refractivity contribution in [1.82, 2.24) is 5.32 Å². The summed E-state index contributed by atoms with van der Waals surface area (Å²) in [5.74, 6) is 0.305. The smallest absolute Gasteiger partial charge is 0.251 e. The highest BCUT2D eigenvalue weighted by molar-refractivity contribution is 9.10. The van der Waals surface area contributed by atoms with Gasteiger partial charge in [-0.2, -0.15) is 0 Å². The van der Waals surface area contributed by atoms with Crippen LogP contribution in [0.15, 0.2) is 34.8 Å². The predicted molar refractivity (Wildman–Crippen MR) is 71.3 cm³/mol. The second-order valence-electron chi connectivity index (χ2n) is 2.96. The summed E-state index contributed by atoms with van der Waals surface area (Å²) in [6.07, 6.45) is 3.58. The Kier molecular flexibility index (Phi) is 5.88. The number of hydrogen-bond donors (Lipinski definition) is 1. The molecule has 5 heteroatoms. The molecule has 0 aliphatic carbocycles. The molecule has 1 aromatic rings. The minimum atomic E-state index is -0.142. The second kappa shape index (κ2) is 6.94. The standard InChI is InChI=1S/C11H10BrCl2NO/c12-9-7-8(3-4-10(9)14)11(16)15-6-2-1-5-13/h1-4,7H,5-6H2,(H,15,16)/b2-1+. The molecule has 0 aliphatic heterocycles. The van der Waals surface area contributed by atoms with E-state index in [1.54, 1.807) is 30.4 Å². The average Bonchev–Trinajstić information content (AvgIpc) is 2.28. The maximum Gasteiger partial charge on any atom is 0.251 e. The van der Waals surface area contributed by atoms with E-state index in [0.29, 0.717) is 27.5 Å². The largest absolute Gasteiger partial charge is 0.349 e. The molecule has 0 saturated carbocycles. The maximum absolute atomic E-state index is 11.6. The Labute approximate surface area is 113 Å². The fourth-order valence-corrected chi connectivity index (χ4v) is 1.66. The summed E-state index contributed by atoms with van der Waals surface area (Å²) in [5.41, 5.74) is 0.565. The van der Waals surface area contributed by atoms with E-state index in [2.05, 4.69) is 21.2 Å². The van der Waals surface area contributed by atoms with Crippen LogP contribution in [-0.2, 0) is 0 Å². The van der Waals surface area contributed by atoms with Gasteiger partial charge >= 0.3 is 0 Å². The monoisotopic (exact) mass is 321 g/mol. The zero-order valence-electron chi connectivity index (χ0n) is 8.34. The van der Waals surface area contributed by atoms with Crippen molar-refractivity contribution in [2.45, 2.75) is 0 Å². The molecule has 0 unspecified atom stereocenters. The van der Waals surface area contributed by atoms with Crippen LogP contribution in [0.1, 0.15) is 10.4 Å². The number of allylic oxidation sites excluding steroid dienone is 1. The van der Waals surface area contributed by atoms with Crippen molar-refractivity contribution in [1.29, 1.82) is 0 Å². The van der Waals surface area contributed by atoms with Crippen LogP contribution in [0, 0.1) is 0 Å². The van der Waals surface area contributed by atoms with Crippen LogP contribution < -0.4 is 5.32 Å². The molecule has 1 N–H and O–H groups in total. The molecule has 0 aromatic heterocycles. The number of amides is 1. The van der Waals surface area contributed by atoms with E-state index in [0.717, 1.165) is 0 Å². The van der Waals surface area contributed by atoms with E-state index < -0.39 is 0 Å². The van der Waals surface area contributed by atoms with Gasteiger partial charge in [0.15, 0.2) is 0 Å². The van der Waals surface area contributed by atoms with E-state index in [4.69, 9.17) is 23.2 Å². The third-order valence-electron chi connectivity index (χ3n) is 1.82. The highest BCUT2D eigenvalue weighted by Crippen LogP contribution is 2.23. The van der Waals surface area contributed by atoms with Crippen molar-refractivity contribution in [3.8, 4) is 0 Å². The van der Waals surface area contributed by atoms with Gasteiger partial charge in [-0.1, -0.05) is 23.8 Å². The number of rotatable bonds is 4. The van der Waals surface area contributed by atoms with E-state index in [1.807, 2.05) is 0 Å². The van der Waals surface area contributed by atoms with Gasteiger partial charge in [-0.05, 0) is 34.1 Å². The van der Waals surface area contributed by atoms with E-state index in [1.165, 1.54) is 0 Å². The number of carbonyl (C=O) groups is 1. The molecule has 0 fully saturated rings. The Balaban J connectivity index is 2.59. The van der Waals surface area contributed by atoms with Crippen molar-refractivity contribution >= 4 is 45.0 Å². The molecule has 0 aliphatic rings. The number of halogens is 3. The lowest BCUT2D eigenvalue weighted by atomic mass is 10.2. The minimum Gasteiger partial charge on any atom is -0.349 e. The van der Waals surface area contributed by atoms with Gasteiger partial charge in [0.05, 0.1) is 5.02 Å². The molecule has 1 amide bonds. The Morgan fingerprint density at radius 2 is 2.19 bits per heavy atom.